The third-order valence-corrected chi connectivity index (χ3v) is 3.81. The molecule has 6 heteroatoms. The third kappa shape index (κ3) is 3.09. The molecule has 3 amide bonds. The number of nitrogens with zero attached hydrogens (tertiary/aromatic N) is 1. The van der Waals surface area contributed by atoms with E-state index >= 15 is 0 Å². The first kappa shape index (κ1) is 13.7. The molecular formula is C15H19N3O3. The van der Waals surface area contributed by atoms with Crippen LogP contribution >= 0.6 is 0 Å². The second-order valence-corrected chi connectivity index (χ2v) is 5.67. The van der Waals surface area contributed by atoms with Crippen LogP contribution in [0.5, 0.6) is 5.75 Å². The molecule has 0 radical (unpaired) electrons. The molecule has 0 bridgehead atoms. The van der Waals surface area contributed by atoms with Gasteiger partial charge >= 0.3 is 6.03 Å². The third-order valence-electron chi connectivity index (χ3n) is 3.81. The molecule has 2 heterocycles. The summed E-state index contributed by atoms with van der Waals surface area (Å²) >= 11 is 0. The predicted octanol–water partition coefficient (Wildman–Crippen LogP) is 2.28. The Morgan fingerprint density at radius 3 is 3.14 bits per heavy atom. The molecule has 6 nitrogen and oxygen atoms in total. The van der Waals surface area contributed by atoms with Crippen LogP contribution in [0.25, 0.3) is 0 Å². The summed E-state index contributed by atoms with van der Waals surface area (Å²) in [5, 5.41) is 5.61. The summed E-state index contributed by atoms with van der Waals surface area (Å²) in [6.07, 6.45) is 2.22. The van der Waals surface area contributed by atoms with E-state index in [4.69, 9.17) is 4.74 Å². The zero-order chi connectivity index (χ0) is 14.8. The summed E-state index contributed by atoms with van der Waals surface area (Å²) in [7, 11) is 0. The summed E-state index contributed by atoms with van der Waals surface area (Å²) in [6.45, 7) is 3.77. The molecule has 3 rings (SSSR count). The Balaban J connectivity index is 1.68. The van der Waals surface area contributed by atoms with E-state index in [2.05, 4.69) is 17.6 Å². The number of carbonyl (C=O) groups excluding carboxylic acids is 2. The molecule has 112 valence electrons. The van der Waals surface area contributed by atoms with E-state index in [0.717, 1.165) is 19.5 Å². The molecule has 2 aliphatic rings. The van der Waals surface area contributed by atoms with E-state index in [0.29, 0.717) is 23.0 Å². The standard InChI is InChI=1S/C15H19N3O3/c1-10-3-2-6-18(8-10)15(20)16-11-4-5-13-12(7-11)17-14(19)9-21-13/h4-5,7,10H,2-3,6,8-9H2,1H3,(H,16,20)(H,17,19). The van der Waals surface area contributed by atoms with E-state index in [1.807, 2.05) is 4.90 Å². The number of hydrogen-bond donors (Lipinski definition) is 2. The lowest BCUT2D eigenvalue weighted by Crippen LogP contribution is -2.41. The molecule has 21 heavy (non-hydrogen) atoms. The highest BCUT2D eigenvalue weighted by Gasteiger charge is 2.22. The van der Waals surface area contributed by atoms with Gasteiger partial charge in [0.2, 0.25) is 0 Å². The zero-order valence-electron chi connectivity index (χ0n) is 12.0. The van der Waals surface area contributed by atoms with Gasteiger partial charge < -0.3 is 20.3 Å². The molecule has 1 atom stereocenters. The first-order valence-corrected chi connectivity index (χ1v) is 7.24. The van der Waals surface area contributed by atoms with Crippen LogP contribution in [0.4, 0.5) is 16.2 Å². The van der Waals surface area contributed by atoms with Crippen molar-refractivity contribution in [2.24, 2.45) is 5.92 Å². The Kier molecular flexibility index (Phi) is 3.68. The lowest BCUT2D eigenvalue weighted by molar-refractivity contribution is -0.118. The fourth-order valence-electron chi connectivity index (χ4n) is 2.74. The van der Waals surface area contributed by atoms with Crippen LogP contribution < -0.4 is 15.4 Å². The zero-order valence-corrected chi connectivity index (χ0v) is 12.0. The molecular weight excluding hydrogens is 270 g/mol. The Labute approximate surface area is 123 Å². The number of hydrogen-bond acceptors (Lipinski definition) is 3. The van der Waals surface area contributed by atoms with Gasteiger partial charge in [-0.05, 0) is 37.0 Å². The van der Waals surface area contributed by atoms with Crippen molar-refractivity contribution in [3.8, 4) is 5.75 Å². The lowest BCUT2D eigenvalue weighted by Gasteiger charge is -2.31. The van der Waals surface area contributed by atoms with E-state index in [1.54, 1.807) is 18.2 Å². The van der Waals surface area contributed by atoms with Crippen LogP contribution in [0.1, 0.15) is 19.8 Å². The maximum absolute atomic E-state index is 12.2. The number of rotatable bonds is 1. The van der Waals surface area contributed by atoms with Crippen molar-refractivity contribution in [3.05, 3.63) is 18.2 Å². The fraction of sp³-hybridized carbons (Fsp3) is 0.467. The van der Waals surface area contributed by atoms with E-state index < -0.39 is 0 Å². The summed E-state index contributed by atoms with van der Waals surface area (Å²) in [5.74, 6) is 0.982. The van der Waals surface area contributed by atoms with Gasteiger partial charge in [-0.15, -0.1) is 0 Å². The van der Waals surface area contributed by atoms with Gasteiger partial charge in [0, 0.05) is 18.8 Å². The number of fused-ring (bicyclic) bond motifs is 1. The maximum Gasteiger partial charge on any atom is 0.321 e. The number of piperidine rings is 1. The second-order valence-electron chi connectivity index (χ2n) is 5.67. The van der Waals surface area contributed by atoms with Gasteiger partial charge in [-0.2, -0.15) is 0 Å². The number of anilines is 2. The molecule has 1 fully saturated rings. The Bertz CT molecular complexity index is 573. The predicted molar refractivity (Wildman–Crippen MR) is 79.6 cm³/mol. The van der Waals surface area contributed by atoms with Crippen molar-refractivity contribution >= 4 is 23.3 Å². The minimum Gasteiger partial charge on any atom is -0.482 e. The van der Waals surface area contributed by atoms with Crippen LogP contribution in [0.15, 0.2) is 18.2 Å². The van der Waals surface area contributed by atoms with Gasteiger partial charge in [0.05, 0.1) is 5.69 Å². The monoisotopic (exact) mass is 289 g/mol. The number of nitrogens with one attached hydrogen (secondary N) is 2. The SMILES string of the molecule is CC1CCCN(C(=O)Nc2ccc3c(c2)NC(=O)CO3)C1. The molecule has 0 aromatic heterocycles. The highest BCUT2D eigenvalue weighted by Crippen LogP contribution is 2.30. The van der Waals surface area contributed by atoms with Crippen molar-refractivity contribution in [1.82, 2.24) is 4.90 Å². The van der Waals surface area contributed by atoms with Gasteiger partial charge in [-0.3, -0.25) is 4.79 Å². The largest absolute Gasteiger partial charge is 0.482 e. The van der Waals surface area contributed by atoms with Crippen LogP contribution in [-0.2, 0) is 4.79 Å². The number of carbonyl (C=O) groups is 2. The highest BCUT2D eigenvalue weighted by molar-refractivity contribution is 5.97. The fourth-order valence-corrected chi connectivity index (χ4v) is 2.74. The molecule has 2 aliphatic heterocycles. The van der Waals surface area contributed by atoms with Crippen molar-refractivity contribution < 1.29 is 14.3 Å². The first-order valence-electron chi connectivity index (χ1n) is 7.24. The molecule has 0 saturated carbocycles. The van der Waals surface area contributed by atoms with Crippen LogP contribution in [-0.4, -0.2) is 36.5 Å². The van der Waals surface area contributed by atoms with Gasteiger partial charge in [0.25, 0.3) is 5.91 Å². The Morgan fingerprint density at radius 1 is 1.48 bits per heavy atom. The van der Waals surface area contributed by atoms with E-state index in [-0.39, 0.29) is 18.5 Å². The molecule has 0 aliphatic carbocycles. The van der Waals surface area contributed by atoms with Crippen LogP contribution in [0.2, 0.25) is 0 Å². The van der Waals surface area contributed by atoms with Gasteiger partial charge in [-0.25, -0.2) is 4.79 Å². The van der Waals surface area contributed by atoms with Crippen LogP contribution in [0, 0.1) is 5.92 Å². The molecule has 1 aromatic carbocycles. The quantitative estimate of drug-likeness (QED) is 0.833. The lowest BCUT2D eigenvalue weighted by atomic mass is 10.0. The molecule has 0 spiro atoms. The Hall–Kier alpha value is -2.24. The number of ether oxygens (including phenoxy) is 1. The Morgan fingerprint density at radius 2 is 2.33 bits per heavy atom. The molecule has 1 saturated heterocycles. The van der Waals surface area contributed by atoms with Crippen molar-refractivity contribution in [1.29, 1.82) is 0 Å². The maximum atomic E-state index is 12.2. The average Bonchev–Trinajstić information content (AvgIpc) is 2.46. The minimum absolute atomic E-state index is 0.0321. The van der Waals surface area contributed by atoms with E-state index in [9.17, 15) is 9.59 Å². The molecule has 1 aromatic rings. The topological polar surface area (TPSA) is 70.7 Å². The number of likely N-dealkylation sites (tertiary alicyclic amines) is 1. The van der Waals surface area contributed by atoms with Crippen LogP contribution in [0.3, 0.4) is 0 Å². The summed E-state index contributed by atoms with van der Waals surface area (Å²) in [4.78, 5) is 25.4. The average molecular weight is 289 g/mol. The van der Waals surface area contributed by atoms with E-state index in [1.165, 1.54) is 6.42 Å². The highest BCUT2D eigenvalue weighted by atomic mass is 16.5. The summed E-state index contributed by atoms with van der Waals surface area (Å²) in [5.41, 5.74) is 1.25. The first-order chi connectivity index (χ1) is 10.1. The van der Waals surface area contributed by atoms with Gasteiger partial charge in [0.15, 0.2) is 6.61 Å². The van der Waals surface area contributed by atoms with Gasteiger partial charge in [0.1, 0.15) is 5.75 Å². The smallest absolute Gasteiger partial charge is 0.321 e. The number of amides is 3. The minimum atomic E-state index is -0.184. The van der Waals surface area contributed by atoms with Crippen molar-refractivity contribution in [2.75, 3.05) is 30.3 Å². The van der Waals surface area contributed by atoms with Crippen molar-refractivity contribution in [2.45, 2.75) is 19.8 Å². The second kappa shape index (κ2) is 5.63. The molecule has 2 N–H and O–H groups in total. The van der Waals surface area contributed by atoms with Crippen molar-refractivity contribution in [3.63, 3.8) is 0 Å². The molecule has 1 unspecified atom stereocenters. The normalized spacial score (nSPS) is 21.1. The number of urea groups is 1. The van der Waals surface area contributed by atoms with Gasteiger partial charge in [-0.1, -0.05) is 6.92 Å². The number of benzene rings is 1. The summed E-state index contributed by atoms with van der Waals surface area (Å²) < 4.78 is 5.29. The summed E-state index contributed by atoms with van der Waals surface area (Å²) in [6, 6.07) is 5.16.